The number of aliphatic hydroxyl groups is 1. The van der Waals surface area contributed by atoms with E-state index in [1.807, 2.05) is 18.2 Å². The van der Waals surface area contributed by atoms with Gasteiger partial charge in [0.1, 0.15) is 11.6 Å². The predicted octanol–water partition coefficient (Wildman–Crippen LogP) is 3.99. The van der Waals surface area contributed by atoms with Crippen molar-refractivity contribution in [3.05, 3.63) is 70.8 Å². The zero-order valence-electron chi connectivity index (χ0n) is 11.7. The summed E-state index contributed by atoms with van der Waals surface area (Å²) in [4.78, 5) is 0. The average Bonchev–Trinajstić information content (AvgIpc) is 2.50. The van der Waals surface area contributed by atoms with Crippen LogP contribution >= 0.6 is 0 Å². The molecule has 0 saturated carbocycles. The average molecular weight is 288 g/mol. The topological polar surface area (TPSA) is 20.2 Å². The van der Waals surface area contributed by atoms with Crippen molar-refractivity contribution in [3.63, 3.8) is 0 Å². The molecular weight excluding hydrogens is 270 g/mol. The molecule has 2 aromatic carbocycles. The second-order valence-corrected chi connectivity index (χ2v) is 5.70. The lowest BCUT2D eigenvalue weighted by Crippen LogP contribution is -2.25. The smallest absolute Gasteiger partial charge is 0.126 e. The number of halogens is 2. The molecule has 0 radical (unpaired) electrons. The highest BCUT2D eigenvalue weighted by Crippen LogP contribution is 2.35. The highest BCUT2D eigenvalue weighted by molar-refractivity contribution is 5.34. The molecule has 1 aliphatic carbocycles. The van der Waals surface area contributed by atoms with E-state index in [1.165, 1.54) is 11.6 Å². The van der Waals surface area contributed by atoms with E-state index in [2.05, 4.69) is 6.07 Å². The van der Waals surface area contributed by atoms with Gasteiger partial charge in [-0.05, 0) is 54.2 Å². The molecule has 0 amide bonds. The second-order valence-electron chi connectivity index (χ2n) is 5.70. The third kappa shape index (κ3) is 2.98. The quantitative estimate of drug-likeness (QED) is 0.905. The largest absolute Gasteiger partial charge is 0.392 e. The van der Waals surface area contributed by atoms with Gasteiger partial charge >= 0.3 is 0 Å². The molecule has 2 unspecified atom stereocenters. The van der Waals surface area contributed by atoms with Gasteiger partial charge < -0.3 is 5.11 Å². The van der Waals surface area contributed by atoms with E-state index in [0.717, 1.165) is 37.0 Å². The maximum absolute atomic E-state index is 13.7. The molecule has 1 N–H and O–H groups in total. The van der Waals surface area contributed by atoms with Gasteiger partial charge in [0.05, 0.1) is 6.10 Å². The van der Waals surface area contributed by atoms with Gasteiger partial charge in [0.15, 0.2) is 0 Å². The maximum atomic E-state index is 13.7. The Kier molecular flexibility index (Phi) is 4.02. The lowest BCUT2D eigenvalue weighted by Gasteiger charge is -2.29. The molecule has 0 heterocycles. The fraction of sp³-hybridized carbons (Fsp3) is 0.333. The Bertz CT molecular complexity index is 639. The molecule has 0 aromatic heterocycles. The summed E-state index contributed by atoms with van der Waals surface area (Å²) in [5.41, 5.74) is 2.64. The third-order valence-corrected chi connectivity index (χ3v) is 4.32. The summed E-state index contributed by atoms with van der Waals surface area (Å²) in [7, 11) is 0. The zero-order chi connectivity index (χ0) is 14.8. The van der Waals surface area contributed by atoms with E-state index >= 15 is 0 Å². The summed E-state index contributed by atoms with van der Waals surface area (Å²) in [6.07, 6.45) is 2.37. The van der Waals surface area contributed by atoms with Gasteiger partial charge in [-0.1, -0.05) is 24.3 Å². The van der Waals surface area contributed by atoms with Crippen LogP contribution in [0.5, 0.6) is 0 Å². The fourth-order valence-corrected chi connectivity index (χ4v) is 3.26. The predicted molar refractivity (Wildman–Crippen MR) is 78.2 cm³/mol. The molecule has 2 atom stereocenters. The molecule has 0 saturated heterocycles. The van der Waals surface area contributed by atoms with Crippen LogP contribution in [0.1, 0.15) is 35.4 Å². The van der Waals surface area contributed by atoms with Gasteiger partial charge in [0.25, 0.3) is 0 Å². The molecule has 1 nitrogen and oxygen atoms in total. The third-order valence-electron chi connectivity index (χ3n) is 4.32. The maximum Gasteiger partial charge on any atom is 0.126 e. The lowest BCUT2D eigenvalue weighted by molar-refractivity contribution is 0.133. The molecule has 21 heavy (non-hydrogen) atoms. The van der Waals surface area contributed by atoms with Crippen LogP contribution in [0.15, 0.2) is 42.5 Å². The van der Waals surface area contributed by atoms with Gasteiger partial charge in [-0.2, -0.15) is 0 Å². The number of fused-ring (bicyclic) bond motifs is 1. The van der Waals surface area contributed by atoms with Gasteiger partial charge in [-0.15, -0.1) is 0 Å². The number of aryl methyl sites for hydroxylation is 1. The molecule has 0 fully saturated rings. The van der Waals surface area contributed by atoms with Gasteiger partial charge in [0.2, 0.25) is 0 Å². The monoisotopic (exact) mass is 288 g/mol. The van der Waals surface area contributed by atoms with Crippen molar-refractivity contribution in [2.45, 2.75) is 37.7 Å². The molecule has 0 spiro atoms. The zero-order valence-corrected chi connectivity index (χ0v) is 11.7. The Morgan fingerprint density at radius 1 is 1.14 bits per heavy atom. The molecule has 110 valence electrons. The first-order chi connectivity index (χ1) is 10.1. The summed E-state index contributed by atoms with van der Waals surface area (Å²) >= 11 is 0. The Morgan fingerprint density at radius 3 is 2.81 bits per heavy atom. The normalized spacial score (nSPS) is 19.1. The molecule has 0 aliphatic heterocycles. The Balaban J connectivity index is 1.83. The van der Waals surface area contributed by atoms with Crippen LogP contribution in [-0.4, -0.2) is 11.2 Å². The molecule has 2 aromatic rings. The summed E-state index contributed by atoms with van der Waals surface area (Å²) in [6, 6.07) is 11.5. The van der Waals surface area contributed by atoms with Crippen molar-refractivity contribution in [1.29, 1.82) is 0 Å². The number of benzene rings is 2. The van der Waals surface area contributed by atoms with E-state index in [4.69, 9.17) is 0 Å². The van der Waals surface area contributed by atoms with Gasteiger partial charge in [-0.3, -0.25) is 0 Å². The first kappa shape index (κ1) is 14.2. The molecular formula is C18H18F2O. The van der Waals surface area contributed by atoms with Crippen LogP contribution in [0, 0.1) is 11.6 Å². The summed E-state index contributed by atoms with van der Waals surface area (Å²) in [5, 5.41) is 10.5. The van der Waals surface area contributed by atoms with Crippen LogP contribution in [0.4, 0.5) is 8.78 Å². The number of hydrogen-bond acceptors (Lipinski definition) is 1. The van der Waals surface area contributed by atoms with Crippen LogP contribution in [0.25, 0.3) is 0 Å². The fourth-order valence-electron chi connectivity index (χ4n) is 3.26. The number of aliphatic hydroxyl groups excluding tert-OH is 1. The first-order valence-corrected chi connectivity index (χ1v) is 7.35. The lowest BCUT2D eigenvalue weighted by atomic mass is 9.78. The van der Waals surface area contributed by atoms with Crippen LogP contribution in [0.2, 0.25) is 0 Å². The highest BCUT2D eigenvalue weighted by atomic mass is 19.1. The van der Waals surface area contributed by atoms with E-state index in [9.17, 15) is 13.9 Å². The molecule has 0 bridgehead atoms. The SMILES string of the molecule is OC(Cc1cc(F)ccc1F)C1CCCc2ccccc21. The Morgan fingerprint density at radius 2 is 1.95 bits per heavy atom. The molecule has 1 aliphatic rings. The standard InChI is InChI=1S/C18H18F2O/c19-14-8-9-17(20)13(10-14)11-18(21)16-7-3-5-12-4-1-2-6-15(12)16/h1-2,4,6,8-10,16,18,21H,3,5,7,11H2. The Hall–Kier alpha value is -1.74. The summed E-state index contributed by atoms with van der Waals surface area (Å²) < 4.78 is 26.9. The second kappa shape index (κ2) is 5.94. The van der Waals surface area contributed by atoms with Crippen molar-refractivity contribution in [3.8, 4) is 0 Å². The number of rotatable bonds is 3. The van der Waals surface area contributed by atoms with E-state index < -0.39 is 17.7 Å². The summed E-state index contributed by atoms with van der Waals surface area (Å²) in [5.74, 6) is -0.931. The van der Waals surface area contributed by atoms with Crippen molar-refractivity contribution in [2.75, 3.05) is 0 Å². The van der Waals surface area contributed by atoms with Gasteiger partial charge in [-0.25, -0.2) is 8.78 Å². The minimum Gasteiger partial charge on any atom is -0.392 e. The van der Waals surface area contributed by atoms with Crippen molar-refractivity contribution in [1.82, 2.24) is 0 Å². The van der Waals surface area contributed by atoms with Crippen LogP contribution < -0.4 is 0 Å². The van der Waals surface area contributed by atoms with Crippen LogP contribution in [0.3, 0.4) is 0 Å². The first-order valence-electron chi connectivity index (χ1n) is 7.35. The van der Waals surface area contributed by atoms with Gasteiger partial charge in [0, 0.05) is 12.3 Å². The minimum atomic E-state index is -0.692. The van der Waals surface area contributed by atoms with E-state index in [0.29, 0.717) is 0 Å². The highest BCUT2D eigenvalue weighted by Gasteiger charge is 2.27. The summed E-state index contributed by atoms with van der Waals surface area (Å²) in [6.45, 7) is 0. The van der Waals surface area contributed by atoms with Crippen molar-refractivity contribution >= 4 is 0 Å². The minimum absolute atomic E-state index is 0.00221. The van der Waals surface area contributed by atoms with E-state index in [1.54, 1.807) is 0 Å². The van der Waals surface area contributed by atoms with Crippen molar-refractivity contribution in [2.24, 2.45) is 0 Å². The van der Waals surface area contributed by atoms with Crippen LogP contribution in [-0.2, 0) is 12.8 Å². The molecule has 3 heteroatoms. The molecule has 3 rings (SSSR count). The van der Waals surface area contributed by atoms with E-state index in [-0.39, 0.29) is 17.9 Å². The van der Waals surface area contributed by atoms with Crippen molar-refractivity contribution < 1.29 is 13.9 Å². The number of hydrogen-bond donors (Lipinski definition) is 1. The Labute approximate surface area is 123 Å².